The van der Waals surface area contributed by atoms with E-state index in [1.54, 1.807) is 0 Å². The summed E-state index contributed by atoms with van der Waals surface area (Å²) in [5, 5.41) is 0. The highest BCUT2D eigenvalue weighted by Crippen LogP contribution is 2.24. The molecule has 0 aliphatic carbocycles. The maximum Gasteiger partial charge on any atom is 0.125 e. The molecule has 0 saturated carbocycles. The molecule has 0 aliphatic rings. The van der Waals surface area contributed by atoms with Crippen LogP contribution in [0.4, 0.5) is 0 Å². The fourth-order valence-electron chi connectivity index (χ4n) is 1.67. The van der Waals surface area contributed by atoms with Gasteiger partial charge in [0.15, 0.2) is 0 Å². The Kier molecular flexibility index (Phi) is 4.76. The molecule has 0 spiro atoms. The minimum atomic E-state index is 0.616. The molecule has 1 aromatic rings. The maximum absolute atomic E-state index is 5.70. The van der Waals surface area contributed by atoms with Crippen LogP contribution >= 0.6 is 12.6 Å². The number of benzene rings is 1. The fraction of sp³-hybridized carbons (Fsp3) is 0.385. The van der Waals surface area contributed by atoms with Crippen LogP contribution in [0.2, 0.25) is 0 Å². The van der Waals surface area contributed by atoms with Gasteiger partial charge in [-0.2, -0.15) is 12.6 Å². The van der Waals surface area contributed by atoms with Crippen LogP contribution in [0.1, 0.15) is 16.7 Å². The second kappa shape index (κ2) is 5.86. The van der Waals surface area contributed by atoms with Crippen LogP contribution in [0, 0.1) is 20.8 Å². The Morgan fingerprint density at radius 3 is 2.27 bits per heavy atom. The molecule has 0 atom stereocenters. The van der Waals surface area contributed by atoms with Crippen molar-refractivity contribution in [3.63, 3.8) is 0 Å². The molecule has 0 saturated heterocycles. The van der Waals surface area contributed by atoms with Gasteiger partial charge in [-0.05, 0) is 31.9 Å². The second-order valence-electron chi connectivity index (χ2n) is 3.69. The second-order valence-corrected chi connectivity index (χ2v) is 4.06. The summed E-state index contributed by atoms with van der Waals surface area (Å²) in [7, 11) is 0. The van der Waals surface area contributed by atoms with Gasteiger partial charge in [-0.25, -0.2) is 0 Å². The van der Waals surface area contributed by atoms with Gasteiger partial charge in [-0.3, -0.25) is 0 Å². The van der Waals surface area contributed by atoms with E-state index in [9.17, 15) is 0 Å². The highest BCUT2D eigenvalue weighted by atomic mass is 32.1. The van der Waals surface area contributed by atoms with Gasteiger partial charge < -0.3 is 4.74 Å². The van der Waals surface area contributed by atoms with Crippen LogP contribution in [0.5, 0.6) is 5.75 Å². The maximum atomic E-state index is 5.70. The molecular formula is C13H18OS. The molecule has 0 aromatic heterocycles. The number of aryl methyl sites for hydroxylation is 3. The molecule has 15 heavy (non-hydrogen) atoms. The Balaban J connectivity index is 2.72. The predicted molar refractivity (Wildman–Crippen MR) is 69.1 cm³/mol. The smallest absolute Gasteiger partial charge is 0.125 e. The monoisotopic (exact) mass is 222 g/mol. The van der Waals surface area contributed by atoms with Crippen molar-refractivity contribution in [2.75, 3.05) is 12.4 Å². The molecule has 0 bridgehead atoms. The summed E-state index contributed by atoms with van der Waals surface area (Å²) < 4.78 is 5.70. The molecule has 0 radical (unpaired) electrons. The van der Waals surface area contributed by atoms with E-state index in [0.29, 0.717) is 6.61 Å². The minimum absolute atomic E-state index is 0.616. The van der Waals surface area contributed by atoms with E-state index in [0.717, 1.165) is 11.5 Å². The third-order valence-electron chi connectivity index (χ3n) is 2.20. The highest BCUT2D eigenvalue weighted by Gasteiger charge is 2.03. The topological polar surface area (TPSA) is 9.23 Å². The third kappa shape index (κ3) is 3.63. The first-order valence-electron chi connectivity index (χ1n) is 5.11. The van der Waals surface area contributed by atoms with Gasteiger partial charge in [-0.15, -0.1) is 0 Å². The van der Waals surface area contributed by atoms with Crippen molar-refractivity contribution in [1.82, 2.24) is 0 Å². The molecule has 0 unspecified atom stereocenters. The molecule has 1 rings (SSSR count). The van der Waals surface area contributed by atoms with Crippen molar-refractivity contribution in [3.05, 3.63) is 41.0 Å². The lowest BCUT2D eigenvalue weighted by molar-refractivity contribution is 0.357. The van der Waals surface area contributed by atoms with Gasteiger partial charge >= 0.3 is 0 Å². The summed E-state index contributed by atoms with van der Waals surface area (Å²) in [4.78, 5) is 0. The Morgan fingerprint density at radius 1 is 1.13 bits per heavy atom. The number of ether oxygens (including phenoxy) is 1. The van der Waals surface area contributed by atoms with Gasteiger partial charge in [0, 0.05) is 5.75 Å². The molecule has 0 aliphatic heterocycles. The van der Waals surface area contributed by atoms with Gasteiger partial charge in [-0.1, -0.05) is 29.8 Å². The van der Waals surface area contributed by atoms with E-state index in [2.05, 4.69) is 45.5 Å². The molecule has 0 fully saturated rings. The van der Waals surface area contributed by atoms with Gasteiger partial charge in [0.2, 0.25) is 0 Å². The van der Waals surface area contributed by atoms with Crippen LogP contribution in [-0.2, 0) is 0 Å². The van der Waals surface area contributed by atoms with Crippen molar-refractivity contribution in [2.24, 2.45) is 0 Å². The molecule has 2 heteroatoms. The summed E-state index contributed by atoms with van der Waals surface area (Å²) in [5.74, 6) is 1.76. The zero-order chi connectivity index (χ0) is 11.3. The summed E-state index contributed by atoms with van der Waals surface area (Å²) in [6.07, 6.45) is 3.98. The molecular weight excluding hydrogens is 204 g/mol. The number of thiol groups is 1. The standard InChI is InChI=1S/C13H18OS/c1-10-8-11(2)13(12(3)9-10)14-6-4-5-7-15/h4-5,8-9,15H,6-7H2,1-3H3. The summed E-state index contributed by atoms with van der Waals surface area (Å²) in [6, 6.07) is 4.29. The van der Waals surface area contributed by atoms with E-state index >= 15 is 0 Å². The lowest BCUT2D eigenvalue weighted by Gasteiger charge is -2.11. The van der Waals surface area contributed by atoms with Crippen molar-refractivity contribution >= 4 is 12.6 Å². The first kappa shape index (κ1) is 12.2. The first-order valence-corrected chi connectivity index (χ1v) is 5.75. The normalized spacial score (nSPS) is 10.9. The summed E-state index contributed by atoms with van der Waals surface area (Å²) in [5.41, 5.74) is 3.68. The minimum Gasteiger partial charge on any atom is -0.489 e. The molecule has 82 valence electrons. The van der Waals surface area contributed by atoms with Gasteiger partial charge in [0.25, 0.3) is 0 Å². The van der Waals surface area contributed by atoms with Crippen molar-refractivity contribution in [3.8, 4) is 5.75 Å². The number of hydrogen-bond acceptors (Lipinski definition) is 2. The van der Waals surface area contributed by atoms with E-state index in [-0.39, 0.29) is 0 Å². The summed E-state index contributed by atoms with van der Waals surface area (Å²) >= 11 is 4.09. The quantitative estimate of drug-likeness (QED) is 0.606. The van der Waals surface area contributed by atoms with E-state index < -0.39 is 0 Å². The van der Waals surface area contributed by atoms with Crippen LogP contribution < -0.4 is 4.74 Å². The van der Waals surface area contributed by atoms with Gasteiger partial charge in [0.1, 0.15) is 12.4 Å². The van der Waals surface area contributed by atoms with E-state index in [1.165, 1.54) is 16.7 Å². The van der Waals surface area contributed by atoms with Gasteiger partial charge in [0.05, 0.1) is 0 Å². The molecule has 0 amide bonds. The van der Waals surface area contributed by atoms with Crippen molar-refractivity contribution < 1.29 is 4.74 Å². The predicted octanol–water partition coefficient (Wildman–Crippen LogP) is 3.48. The van der Waals surface area contributed by atoms with Crippen LogP contribution in [0.3, 0.4) is 0 Å². The Hall–Kier alpha value is -0.890. The molecule has 1 aromatic carbocycles. The van der Waals surface area contributed by atoms with Crippen LogP contribution in [0.15, 0.2) is 24.3 Å². The molecule has 0 heterocycles. The molecule has 1 nitrogen and oxygen atoms in total. The zero-order valence-corrected chi connectivity index (χ0v) is 10.5. The van der Waals surface area contributed by atoms with Crippen LogP contribution in [0.25, 0.3) is 0 Å². The lowest BCUT2D eigenvalue weighted by Crippen LogP contribution is -1.98. The van der Waals surface area contributed by atoms with Crippen molar-refractivity contribution in [2.45, 2.75) is 20.8 Å². The fourth-order valence-corrected chi connectivity index (χ4v) is 1.82. The first-order chi connectivity index (χ1) is 7.15. The Morgan fingerprint density at radius 2 is 1.73 bits per heavy atom. The van der Waals surface area contributed by atoms with E-state index in [1.807, 2.05) is 12.2 Å². The largest absolute Gasteiger partial charge is 0.489 e. The average molecular weight is 222 g/mol. The zero-order valence-electron chi connectivity index (χ0n) is 9.58. The number of rotatable bonds is 4. The summed E-state index contributed by atoms with van der Waals surface area (Å²) in [6.45, 7) is 6.88. The lowest BCUT2D eigenvalue weighted by atomic mass is 10.1. The highest BCUT2D eigenvalue weighted by molar-refractivity contribution is 7.80. The van der Waals surface area contributed by atoms with E-state index in [4.69, 9.17) is 4.74 Å². The Bertz CT molecular complexity index is 333. The van der Waals surface area contributed by atoms with Crippen molar-refractivity contribution in [1.29, 1.82) is 0 Å². The third-order valence-corrected chi connectivity index (χ3v) is 2.41. The number of hydrogen-bond donors (Lipinski definition) is 1. The molecule has 0 N–H and O–H groups in total. The SMILES string of the molecule is Cc1cc(C)c(OCC=CCS)c(C)c1. The Labute approximate surface area is 97.6 Å². The average Bonchev–Trinajstić information content (AvgIpc) is 2.15. The van der Waals surface area contributed by atoms with Crippen LogP contribution in [-0.4, -0.2) is 12.4 Å².